The summed E-state index contributed by atoms with van der Waals surface area (Å²) < 4.78 is 4.70. The molecule has 2 heterocycles. The van der Waals surface area contributed by atoms with Gasteiger partial charge in [-0.25, -0.2) is 4.79 Å². The molecule has 0 amide bonds. The Hall–Kier alpha value is -1.71. The number of carbonyl (C=O) groups is 1. The maximum absolute atomic E-state index is 10.9. The van der Waals surface area contributed by atoms with Gasteiger partial charge in [0.15, 0.2) is 5.69 Å². The van der Waals surface area contributed by atoms with Crippen LogP contribution in [0.1, 0.15) is 16.1 Å². The lowest BCUT2D eigenvalue weighted by Gasteiger charge is -1.89. The highest BCUT2D eigenvalue weighted by Crippen LogP contribution is 2.24. The highest BCUT2D eigenvalue weighted by atomic mass is 16.5. The predicted molar refractivity (Wildman–Crippen MR) is 36.5 cm³/mol. The topological polar surface area (TPSA) is 52.1 Å². The number of rotatable bonds is 0. The molecule has 0 saturated heterocycles. The average Bonchev–Trinajstić information content (AvgIpc) is 2.30. The van der Waals surface area contributed by atoms with E-state index in [1.807, 2.05) is 0 Å². The lowest BCUT2D eigenvalue weighted by atomic mass is 10.2. The van der Waals surface area contributed by atoms with E-state index in [1.54, 1.807) is 6.07 Å². The van der Waals surface area contributed by atoms with Crippen molar-refractivity contribution in [1.29, 1.82) is 0 Å². The molecule has 11 heavy (non-hydrogen) atoms. The van der Waals surface area contributed by atoms with Gasteiger partial charge in [-0.2, -0.15) is 5.10 Å². The van der Waals surface area contributed by atoms with Gasteiger partial charge < -0.3 is 4.74 Å². The Labute approximate surface area is 62.5 Å². The fourth-order valence-corrected chi connectivity index (χ4v) is 0.923. The van der Waals surface area contributed by atoms with Crippen molar-refractivity contribution in [2.45, 2.75) is 0 Å². The Morgan fingerprint density at radius 3 is 3.09 bits per heavy atom. The molecule has 0 bridgehead atoms. The number of fused-ring (bicyclic) bond motifs is 1. The largest absolute Gasteiger partial charge is 0.422 e. The van der Waals surface area contributed by atoms with Gasteiger partial charge in [-0.05, 0) is 6.07 Å². The van der Waals surface area contributed by atoms with Crippen LogP contribution in [-0.2, 0) is 4.74 Å². The fraction of sp³-hybridized carbons (Fsp3) is 0. The number of carbonyl (C=O) groups excluding carboxylic acids is 1. The van der Waals surface area contributed by atoms with Gasteiger partial charge in [0, 0.05) is 0 Å². The summed E-state index contributed by atoms with van der Waals surface area (Å²) in [5.41, 5.74) is 0.877. The molecule has 54 valence electrons. The van der Waals surface area contributed by atoms with Gasteiger partial charge in [-0.1, -0.05) is 6.58 Å². The molecule has 1 aromatic heterocycles. The van der Waals surface area contributed by atoms with Gasteiger partial charge in [0.25, 0.3) is 0 Å². The number of esters is 1. The Balaban J connectivity index is 2.69. The van der Waals surface area contributed by atoms with Crippen LogP contribution in [0.4, 0.5) is 0 Å². The van der Waals surface area contributed by atoms with Gasteiger partial charge in [0.05, 0.1) is 11.8 Å². The molecule has 0 aromatic carbocycles. The second-order valence-electron chi connectivity index (χ2n) is 2.11. The molecule has 2 rings (SSSR count). The van der Waals surface area contributed by atoms with E-state index in [1.165, 1.54) is 6.20 Å². The van der Waals surface area contributed by atoms with Gasteiger partial charge >= 0.3 is 5.97 Å². The zero-order valence-electron chi connectivity index (χ0n) is 5.57. The van der Waals surface area contributed by atoms with Gasteiger partial charge in [0.1, 0.15) is 5.76 Å². The molecule has 1 aliphatic heterocycles. The molecule has 0 saturated carbocycles. The molecule has 0 N–H and O–H groups in total. The Bertz CT molecular complexity index is 313. The highest BCUT2D eigenvalue weighted by molar-refractivity contribution is 6.00. The summed E-state index contributed by atoms with van der Waals surface area (Å²) in [5, 5.41) is 7.15. The van der Waals surface area contributed by atoms with E-state index in [-0.39, 0.29) is 5.69 Å². The summed E-state index contributed by atoms with van der Waals surface area (Å²) in [7, 11) is 0. The number of ether oxygens (including phenoxy) is 1. The van der Waals surface area contributed by atoms with Crippen molar-refractivity contribution < 1.29 is 9.53 Å². The molecule has 1 aliphatic rings. The van der Waals surface area contributed by atoms with E-state index in [0.717, 1.165) is 0 Å². The van der Waals surface area contributed by atoms with Crippen molar-refractivity contribution in [3.63, 3.8) is 0 Å². The maximum atomic E-state index is 10.9. The first-order valence-corrected chi connectivity index (χ1v) is 3.02. The first kappa shape index (κ1) is 6.03. The molecule has 0 atom stereocenters. The molecule has 0 spiro atoms. The Morgan fingerprint density at radius 2 is 2.36 bits per heavy atom. The molecule has 4 heteroatoms. The minimum atomic E-state index is -0.474. The van der Waals surface area contributed by atoms with Crippen molar-refractivity contribution in [1.82, 2.24) is 10.2 Å². The summed E-state index contributed by atoms with van der Waals surface area (Å²) in [6, 6.07) is 1.65. The average molecular weight is 148 g/mol. The summed E-state index contributed by atoms with van der Waals surface area (Å²) in [6.45, 7) is 3.54. The molecule has 0 aliphatic carbocycles. The van der Waals surface area contributed by atoms with Gasteiger partial charge in [-0.15, -0.1) is 5.10 Å². The van der Waals surface area contributed by atoms with Crippen LogP contribution >= 0.6 is 0 Å². The third kappa shape index (κ3) is 0.724. The van der Waals surface area contributed by atoms with E-state index in [2.05, 4.69) is 16.8 Å². The Morgan fingerprint density at radius 1 is 1.55 bits per heavy atom. The monoisotopic (exact) mass is 148 g/mol. The molecule has 0 unspecified atom stereocenters. The fourth-order valence-electron chi connectivity index (χ4n) is 0.923. The smallest absolute Gasteiger partial charge is 0.365 e. The molecule has 4 nitrogen and oxygen atoms in total. The SMILES string of the molecule is C=C1OC(=O)c2nnccc21. The van der Waals surface area contributed by atoms with E-state index in [0.29, 0.717) is 11.3 Å². The number of hydrogen-bond donors (Lipinski definition) is 0. The van der Waals surface area contributed by atoms with Crippen LogP contribution in [0, 0.1) is 0 Å². The third-order valence-electron chi connectivity index (χ3n) is 1.43. The van der Waals surface area contributed by atoms with Crippen LogP contribution in [0.25, 0.3) is 5.76 Å². The number of cyclic esters (lactones) is 1. The van der Waals surface area contributed by atoms with E-state index >= 15 is 0 Å². The molecule has 0 radical (unpaired) electrons. The lowest BCUT2D eigenvalue weighted by molar-refractivity contribution is 0.0710. The van der Waals surface area contributed by atoms with Gasteiger partial charge in [0.2, 0.25) is 0 Å². The minimum absolute atomic E-state index is 0.248. The van der Waals surface area contributed by atoms with Gasteiger partial charge in [-0.3, -0.25) is 0 Å². The van der Waals surface area contributed by atoms with Crippen molar-refractivity contribution in [2.75, 3.05) is 0 Å². The van der Waals surface area contributed by atoms with E-state index in [9.17, 15) is 4.79 Å². The minimum Gasteiger partial charge on any atom is -0.422 e. The van der Waals surface area contributed by atoms with Crippen LogP contribution in [-0.4, -0.2) is 16.2 Å². The number of aromatic nitrogens is 2. The van der Waals surface area contributed by atoms with E-state index < -0.39 is 5.97 Å². The summed E-state index contributed by atoms with van der Waals surface area (Å²) in [4.78, 5) is 10.9. The predicted octanol–water partition coefficient (Wildman–Crippen LogP) is 0.618. The third-order valence-corrected chi connectivity index (χ3v) is 1.43. The summed E-state index contributed by atoms with van der Waals surface area (Å²) in [5.74, 6) is -0.127. The molecule has 0 fully saturated rings. The van der Waals surface area contributed by atoms with Crippen LogP contribution in [0.3, 0.4) is 0 Å². The normalized spacial score (nSPS) is 14.5. The van der Waals surface area contributed by atoms with Crippen molar-refractivity contribution in [3.05, 3.63) is 30.1 Å². The second-order valence-corrected chi connectivity index (χ2v) is 2.11. The standard InChI is InChI=1S/C7H4N2O2/c1-4-5-2-3-8-9-6(5)7(10)11-4/h2-3H,1H2. The summed E-state index contributed by atoms with van der Waals surface area (Å²) >= 11 is 0. The van der Waals surface area contributed by atoms with Crippen LogP contribution in [0.2, 0.25) is 0 Å². The molecular weight excluding hydrogens is 144 g/mol. The Kier molecular flexibility index (Phi) is 1.03. The van der Waals surface area contributed by atoms with Crippen LogP contribution in [0.5, 0.6) is 0 Å². The first-order chi connectivity index (χ1) is 5.29. The first-order valence-electron chi connectivity index (χ1n) is 3.02. The number of nitrogens with zero attached hydrogens (tertiary/aromatic N) is 2. The second kappa shape index (κ2) is 1.88. The van der Waals surface area contributed by atoms with Crippen molar-refractivity contribution in [2.24, 2.45) is 0 Å². The van der Waals surface area contributed by atoms with Crippen LogP contribution in [0.15, 0.2) is 18.8 Å². The maximum Gasteiger partial charge on any atom is 0.365 e. The number of hydrogen-bond acceptors (Lipinski definition) is 4. The zero-order chi connectivity index (χ0) is 7.84. The quantitative estimate of drug-likeness (QED) is 0.506. The highest BCUT2D eigenvalue weighted by Gasteiger charge is 2.26. The zero-order valence-corrected chi connectivity index (χ0v) is 5.57. The molecular formula is C7H4N2O2. The van der Waals surface area contributed by atoms with Crippen molar-refractivity contribution >= 4 is 11.7 Å². The molecule has 1 aromatic rings. The summed E-state index contributed by atoms with van der Waals surface area (Å²) in [6.07, 6.45) is 1.49. The van der Waals surface area contributed by atoms with Crippen LogP contribution < -0.4 is 0 Å². The van der Waals surface area contributed by atoms with Crippen molar-refractivity contribution in [3.8, 4) is 0 Å². The lowest BCUT2D eigenvalue weighted by Crippen LogP contribution is -1.98. The van der Waals surface area contributed by atoms with E-state index in [4.69, 9.17) is 4.74 Å².